The van der Waals surface area contributed by atoms with E-state index >= 15 is 0 Å². The summed E-state index contributed by atoms with van der Waals surface area (Å²) < 4.78 is 5.62. The Bertz CT molecular complexity index is 680. The van der Waals surface area contributed by atoms with Crippen molar-refractivity contribution in [3.05, 3.63) is 65.7 Å². The topological polar surface area (TPSA) is 84.6 Å². The molecule has 2 atom stereocenters. The zero-order chi connectivity index (χ0) is 18.2. The summed E-state index contributed by atoms with van der Waals surface area (Å²) in [6, 6.07) is 16.4. The summed E-state index contributed by atoms with van der Waals surface area (Å²) in [6.45, 7) is 4.02. The molecule has 0 aliphatic heterocycles. The van der Waals surface area contributed by atoms with Crippen LogP contribution in [0, 0.1) is 0 Å². The smallest absolute Gasteiger partial charge is 0.222 e. The normalized spacial score (nSPS) is 12.8. The molecule has 0 aliphatic carbocycles. The molecule has 0 heterocycles. The van der Waals surface area contributed by atoms with E-state index in [-0.39, 0.29) is 43.4 Å². The first-order valence-electron chi connectivity index (χ1n) is 8.47. The molecule has 142 valence electrons. The molecule has 0 saturated heterocycles. The molecule has 1 amide bonds. The van der Waals surface area contributed by atoms with E-state index in [1.165, 1.54) is 0 Å². The molecule has 0 bridgehead atoms. The molecule has 6 heteroatoms. The fraction of sp³-hybridized carbons (Fsp3) is 0.350. The van der Waals surface area contributed by atoms with Gasteiger partial charge >= 0.3 is 0 Å². The summed E-state index contributed by atoms with van der Waals surface area (Å²) in [5, 5.41) is 13.0. The maximum atomic E-state index is 12.0. The Morgan fingerprint density at radius 1 is 1.12 bits per heavy atom. The van der Waals surface area contributed by atoms with Crippen LogP contribution in [-0.2, 0) is 4.79 Å². The third-order valence-corrected chi connectivity index (χ3v) is 3.74. The molecule has 0 aromatic heterocycles. The van der Waals surface area contributed by atoms with E-state index in [1.54, 1.807) is 12.1 Å². The van der Waals surface area contributed by atoms with Gasteiger partial charge in [-0.3, -0.25) is 4.79 Å². The van der Waals surface area contributed by atoms with E-state index in [9.17, 15) is 9.90 Å². The third-order valence-electron chi connectivity index (χ3n) is 3.74. The molecule has 2 unspecified atom stereocenters. The van der Waals surface area contributed by atoms with Crippen LogP contribution in [-0.4, -0.2) is 23.7 Å². The standard InChI is InChI=1S/C20H26N2O3.ClH/c1-14(2)25-17-10-6-9-16(11-17)19(23)13-22-20(24)12-18(21)15-7-4-3-5-8-15;/h3-11,14,18-19,23H,12-13,21H2,1-2H3,(H,22,24);1H. The van der Waals surface area contributed by atoms with Crippen molar-refractivity contribution in [2.45, 2.75) is 38.5 Å². The van der Waals surface area contributed by atoms with Crippen LogP contribution in [0.2, 0.25) is 0 Å². The average molecular weight is 379 g/mol. The Morgan fingerprint density at radius 2 is 1.77 bits per heavy atom. The van der Waals surface area contributed by atoms with E-state index in [4.69, 9.17) is 10.5 Å². The lowest BCUT2D eigenvalue weighted by Crippen LogP contribution is -2.31. The van der Waals surface area contributed by atoms with Crippen molar-refractivity contribution in [3.63, 3.8) is 0 Å². The zero-order valence-corrected chi connectivity index (χ0v) is 15.9. The number of aliphatic hydroxyl groups excluding tert-OH is 1. The number of nitrogens with one attached hydrogen (secondary N) is 1. The van der Waals surface area contributed by atoms with Gasteiger partial charge in [-0.15, -0.1) is 12.4 Å². The first-order valence-corrected chi connectivity index (χ1v) is 8.47. The molecule has 0 spiro atoms. The van der Waals surface area contributed by atoms with Crippen molar-refractivity contribution >= 4 is 18.3 Å². The van der Waals surface area contributed by atoms with Crippen molar-refractivity contribution in [2.24, 2.45) is 5.73 Å². The van der Waals surface area contributed by atoms with Crippen LogP contribution in [0.1, 0.15) is 43.5 Å². The van der Waals surface area contributed by atoms with Gasteiger partial charge in [-0.2, -0.15) is 0 Å². The van der Waals surface area contributed by atoms with Crippen LogP contribution in [0.25, 0.3) is 0 Å². The van der Waals surface area contributed by atoms with E-state index in [0.29, 0.717) is 11.3 Å². The van der Waals surface area contributed by atoms with Crippen LogP contribution in [0.15, 0.2) is 54.6 Å². The molecule has 0 aliphatic rings. The number of amides is 1. The minimum Gasteiger partial charge on any atom is -0.491 e. The highest BCUT2D eigenvalue weighted by atomic mass is 35.5. The molecule has 5 nitrogen and oxygen atoms in total. The Hall–Kier alpha value is -2.08. The van der Waals surface area contributed by atoms with Crippen LogP contribution in [0.5, 0.6) is 5.75 Å². The number of benzene rings is 2. The van der Waals surface area contributed by atoms with Crippen molar-refractivity contribution in [2.75, 3.05) is 6.54 Å². The first kappa shape index (κ1) is 22.0. The molecule has 2 aromatic carbocycles. The molecule has 0 saturated carbocycles. The highest BCUT2D eigenvalue weighted by Crippen LogP contribution is 2.20. The fourth-order valence-electron chi connectivity index (χ4n) is 2.49. The van der Waals surface area contributed by atoms with Crippen molar-refractivity contribution in [1.29, 1.82) is 0 Å². The van der Waals surface area contributed by atoms with Gasteiger partial charge in [-0.25, -0.2) is 0 Å². The Morgan fingerprint density at radius 3 is 2.42 bits per heavy atom. The largest absolute Gasteiger partial charge is 0.491 e. The molecule has 26 heavy (non-hydrogen) atoms. The second kappa shape index (κ2) is 10.8. The summed E-state index contributed by atoms with van der Waals surface area (Å²) in [5.41, 5.74) is 7.65. The van der Waals surface area contributed by atoms with Crippen LogP contribution < -0.4 is 15.8 Å². The molecule has 2 rings (SSSR count). The van der Waals surface area contributed by atoms with Gasteiger partial charge in [0.1, 0.15) is 5.75 Å². The number of nitrogens with two attached hydrogens (primary N) is 1. The summed E-state index contributed by atoms with van der Waals surface area (Å²) in [4.78, 5) is 12.0. The molecular formula is C20H27ClN2O3. The van der Waals surface area contributed by atoms with Gasteiger partial charge in [-0.05, 0) is 37.1 Å². The molecular weight excluding hydrogens is 352 g/mol. The maximum absolute atomic E-state index is 12.0. The third kappa shape index (κ3) is 7.04. The summed E-state index contributed by atoms with van der Waals surface area (Å²) in [6.07, 6.45) is -0.563. The van der Waals surface area contributed by atoms with Crippen molar-refractivity contribution in [1.82, 2.24) is 5.32 Å². The Kier molecular flexibility index (Phi) is 9.13. The molecule has 0 fully saturated rings. The summed E-state index contributed by atoms with van der Waals surface area (Å²) in [7, 11) is 0. The number of halogens is 1. The molecule has 0 radical (unpaired) electrons. The van der Waals surface area contributed by atoms with Gasteiger partial charge in [0.25, 0.3) is 0 Å². The maximum Gasteiger partial charge on any atom is 0.222 e. The molecule has 2 aromatic rings. The van der Waals surface area contributed by atoms with Gasteiger partial charge in [0.15, 0.2) is 0 Å². The number of hydrogen-bond donors (Lipinski definition) is 3. The number of rotatable bonds is 8. The minimum absolute atomic E-state index is 0. The van der Waals surface area contributed by atoms with Crippen LogP contribution >= 0.6 is 12.4 Å². The van der Waals surface area contributed by atoms with Gasteiger partial charge in [0, 0.05) is 19.0 Å². The lowest BCUT2D eigenvalue weighted by Gasteiger charge is -2.16. The van der Waals surface area contributed by atoms with E-state index in [0.717, 1.165) is 5.56 Å². The number of ether oxygens (including phenoxy) is 1. The first-order chi connectivity index (χ1) is 12.0. The lowest BCUT2D eigenvalue weighted by molar-refractivity contribution is -0.121. The van der Waals surface area contributed by atoms with E-state index in [1.807, 2.05) is 56.3 Å². The average Bonchev–Trinajstić information content (AvgIpc) is 2.60. The van der Waals surface area contributed by atoms with Crippen molar-refractivity contribution < 1.29 is 14.6 Å². The number of carbonyl (C=O) groups excluding carboxylic acids is 1. The predicted molar refractivity (Wildman–Crippen MR) is 105 cm³/mol. The van der Waals surface area contributed by atoms with E-state index in [2.05, 4.69) is 5.32 Å². The number of carbonyl (C=O) groups is 1. The van der Waals surface area contributed by atoms with Gasteiger partial charge in [0.2, 0.25) is 5.91 Å². The number of aliphatic hydroxyl groups is 1. The zero-order valence-electron chi connectivity index (χ0n) is 15.1. The second-order valence-corrected chi connectivity index (χ2v) is 6.28. The Balaban J connectivity index is 0.00000338. The van der Waals surface area contributed by atoms with Gasteiger partial charge in [-0.1, -0.05) is 42.5 Å². The molecule has 4 N–H and O–H groups in total. The van der Waals surface area contributed by atoms with Crippen LogP contribution in [0.4, 0.5) is 0 Å². The fourth-order valence-corrected chi connectivity index (χ4v) is 2.49. The summed E-state index contributed by atoms with van der Waals surface area (Å²) >= 11 is 0. The van der Waals surface area contributed by atoms with Crippen LogP contribution in [0.3, 0.4) is 0 Å². The SMILES string of the molecule is CC(C)Oc1cccc(C(O)CNC(=O)CC(N)c2ccccc2)c1.Cl. The minimum atomic E-state index is -0.799. The predicted octanol–water partition coefficient (Wildman–Crippen LogP) is 3.14. The second-order valence-electron chi connectivity index (χ2n) is 6.28. The lowest BCUT2D eigenvalue weighted by atomic mass is 10.0. The Labute approximate surface area is 161 Å². The van der Waals surface area contributed by atoms with Gasteiger partial charge in [0.05, 0.1) is 12.2 Å². The highest BCUT2D eigenvalue weighted by molar-refractivity contribution is 5.85. The highest BCUT2D eigenvalue weighted by Gasteiger charge is 2.14. The van der Waals surface area contributed by atoms with Gasteiger partial charge < -0.3 is 20.9 Å². The monoisotopic (exact) mass is 378 g/mol. The van der Waals surface area contributed by atoms with E-state index < -0.39 is 6.10 Å². The quantitative estimate of drug-likeness (QED) is 0.658. The number of hydrogen-bond acceptors (Lipinski definition) is 4. The van der Waals surface area contributed by atoms with Crippen molar-refractivity contribution in [3.8, 4) is 5.75 Å². The summed E-state index contributed by atoms with van der Waals surface area (Å²) in [5.74, 6) is 0.508.